The lowest BCUT2D eigenvalue weighted by molar-refractivity contribution is 0.0951. The number of carbonyl (C=O) groups excluding carboxylic acids is 1. The van der Waals surface area contributed by atoms with Crippen LogP contribution in [-0.2, 0) is 7.05 Å². The lowest BCUT2D eigenvalue weighted by atomic mass is 10.4. The van der Waals surface area contributed by atoms with Crippen LogP contribution in [0, 0.1) is 0 Å². The molecule has 0 atom stereocenters. The molecule has 0 aliphatic carbocycles. The maximum absolute atomic E-state index is 12.1. The molecular weight excluding hydrogens is 314 g/mol. The summed E-state index contributed by atoms with van der Waals surface area (Å²) in [5.41, 5.74) is 1.31. The molecule has 3 aromatic rings. The van der Waals surface area contributed by atoms with Gasteiger partial charge < -0.3 is 10.6 Å². The molecule has 8 nitrogen and oxygen atoms in total. The van der Waals surface area contributed by atoms with Gasteiger partial charge in [0, 0.05) is 49.7 Å². The number of hydrogen-bond acceptors (Lipinski definition) is 7. The van der Waals surface area contributed by atoms with Crippen LogP contribution in [0.5, 0.6) is 0 Å². The first kappa shape index (κ1) is 15.1. The Morgan fingerprint density at radius 2 is 2.22 bits per heavy atom. The van der Waals surface area contributed by atoms with E-state index < -0.39 is 0 Å². The first-order valence-electron chi connectivity index (χ1n) is 6.95. The first-order chi connectivity index (χ1) is 11.2. The molecule has 3 rings (SSSR count). The van der Waals surface area contributed by atoms with Crippen LogP contribution in [0.3, 0.4) is 0 Å². The zero-order chi connectivity index (χ0) is 16.1. The van der Waals surface area contributed by atoms with Gasteiger partial charge in [0.05, 0.1) is 12.4 Å². The fourth-order valence-corrected chi connectivity index (χ4v) is 2.67. The molecule has 9 heteroatoms. The number of anilines is 1. The Hall–Kier alpha value is -2.81. The van der Waals surface area contributed by atoms with Crippen LogP contribution in [0.25, 0.3) is 10.6 Å². The molecule has 0 saturated heterocycles. The molecule has 3 heterocycles. The van der Waals surface area contributed by atoms with E-state index in [9.17, 15) is 4.79 Å². The molecule has 23 heavy (non-hydrogen) atoms. The minimum Gasteiger partial charge on any atom is -0.367 e. The van der Waals surface area contributed by atoms with Gasteiger partial charge in [-0.15, -0.1) is 11.3 Å². The number of thiazole rings is 1. The average molecular weight is 329 g/mol. The maximum atomic E-state index is 12.1. The smallest absolute Gasteiger partial charge is 0.270 e. The molecule has 0 aliphatic heterocycles. The summed E-state index contributed by atoms with van der Waals surface area (Å²) in [5.74, 6) is 0.478. The fourth-order valence-electron chi connectivity index (χ4n) is 1.89. The summed E-state index contributed by atoms with van der Waals surface area (Å²) in [6, 6.07) is 0. The average Bonchev–Trinajstić information content (AvgIpc) is 3.21. The number of rotatable bonds is 6. The van der Waals surface area contributed by atoms with E-state index >= 15 is 0 Å². The Morgan fingerprint density at radius 3 is 2.96 bits per heavy atom. The van der Waals surface area contributed by atoms with Gasteiger partial charge in [0.25, 0.3) is 5.91 Å². The van der Waals surface area contributed by atoms with Crippen molar-refractivity contribution in [2.45, 2.75) is 0 Å². The predicted molar refractivity (Wildman–Crippen MR) is 87.2 cm³/mol. The largest absolute Gasteiger partial charge is 0.367 e. The Kier molecular flexibility index (Phi) is 4.57. The van der Waals surface area contributed by atoms with E-state index in [1.54, 1.807) is 34.8 Å². The van der Waals surface area contributed by atoms with Gasteiger partial charge in [-0.3, -0.25) is 14.5 Å². The Balaban J connectivity index is 1.50. The molecule has 0 unspecified atom stereocenters. The topological polar surface area (TPSA) is 97.6 Å². The summed E-state index contributed by atoms with van der Waals surface area (Å²) < 4.78 is 1.70. The molecular formula is C14H15N7OS. The monoisotopic (exact) mass is 329 g/mol. The third-order valence-electron chi connectivity index (χ3n) is 2.97. The molecule has 0 aromatic carbocycles. The number of nitrogens with zero attached hydrogens (tertiary/aromatic N) is 5. The third-order valence-corrected chi connectivity index (χ3v) is 3.86. The van der Waals surface area contributed by atoms with Gasteiger partial charge in [-0.05, 0) is 0 Å². The van der Waals surface area contributed by atoms with Crippen LogP contribution in [-0.4, -0.2) is 43.7 Å². The van der Waals surface area contributed by atoms with Crippen LogP contribution in [0.15, 0.2) is 36.4 Å². The van der Waals surface area contributed by atoms with Gasteiger partial charge in [-0.25, -0.2) is 9.97 Å². The number of nitrogens with one attached hydrogen (secondary N) is 2. The fraction of sp³-hybridized carbons (Fsp3) is 0.214. The highest BCUT2D eigenvalue weighted by atomic mass is 32.1. The molecule has 0 bridgehead atoms. The van der Waals surface area contributed by atoms with Gasteiger partial charge in [-0.2, -0.15) is 5.10 Å². The minimum atomic E-state index is -0.197. The van der Waals surface area contributed by atoms with Crippen molar-refractivity contribution < 1.29 is 4.79 Å². The number of amides is 1. The standard InChI is InChI=1S/C14H15N7OS/c1-21-8-10(6-19-21)14-20-11(9-23-14)13(22)18-5-4-17-12-7-15-2-3-16-12/h2-3,6-9H,4-5H2,1H3,(H,16,17)(H,18,22). The number of aryl methyl sites for hydroxylation is 1. The van der Waals surface area contributed by atoms with Gasteiger partial charge in [0.15, 0.2) is 0 Å². The number of aromatic nitrogens is 5. The normalized spacial score (nSPS) is 10.5. The Morgan fingerprint density at radius 1 is 1.30 bits per heavy atom. The molecule has 2 N–H and O–H groups in total. The summed E-state index contributed by atoms with van der Waals surface area (Å²) in [7, 11) is 1.84. The minimum absolute atomic E-state index is 0.197. The molecule has 118 valence electrons. The summed E-state index contributed by atoms with van der Waals surface area (Å²) in [6.45, 7) is 1.03. The van der Waals surface area contributed by atoms with Gasteiger partial charge in [0.1, 0.15) is 16.5 Å². The van der Waals surface area contributed by atoms with Crippen molar-refractivity contribution >= 4 is 23.1 Å². The highest BCUT2D eigenvalue weighted by molar-refractivity contribution is 7.13. The van der Waals surface area contributed by atoms with E-state index in [-0.39, 0.29) is 5.91 Å². The van der Waals surface area contributed by atoms with E-state index in [1.807, 2.05) is 13.2 Å². The van der Waals surface area contributed by atoms with Crippen LogP contribution in [0.2, 0.25) is 0 Å². The maximum Gasteiger partial charge on any atom is 0.270 e. The van der Waals surface area contributed by atoms with Gasteiger partial charge >= 0.3 is 0 Å². The van der Waals surface area contributed by atoms with Crippen molar-refractivity contribution in [3.05, 3.63) is 42.1 Å². The summed E-state index contributed by atoms with van der Waals surface area (Å²) in [5, 5.41) is 12.5. The van der Waals surface area contributed by atoms with Crippen LogP contribution < -0.4 is 10.6 Å². The van der Waals surface area contributed by atoms with Crippen molar-refractivity contribution in [3.8, 4) is 10.6 Å². The van der Waals surface area contributed by atoms with Crippen LogP contribution in [0.1, 0.15) is 10.5 Å². The van der Waals surface area contributed by atoms with E-state index in [4.69, 9.17) is 0 Å². The lowest BCUT2D eigenvalue weighted by Crippen LogP contribution is -2.29. The van der Waals surface area contributed by atoms with Crippen molar-refractivity contribution in [3.63, 3.8) is 0 Å². The molecule has 0 aliphatic rings. The van der Waals surface area contributed by atoms with Crippen LogP contribution >= 0.6 is 11.3 Å². The van der Waals surface area contributed by atoms with Crippen LogP contribution in [0.4, 0.5) is 5.82 Å². The second kappa shape index (κ2) is 6.97. The first-order valence-corrected chi connectivity index (χ1v) is 7.83. The quantitative estimate of drug-likeness (QED) is 0.659. The summed E-state index contributed by atoms with van der Waals surface area (Å²) in [4.78, 5) is 24.4. The third kappa shape index (κ3) is 3.89. The van der Waals surface area contributed by atoms with Crippen molar-refractivity contribution in [2.75, 3.05) is 18.4 Å². The zero-order valence-corrected chi connectivity index (χ0v) is 13.2. The second-order valence-corrected chi connectivity index (χ2v) is 5.57. The highest BCUT2D eigenvalue weighted by Gasteiger charge is 2.12. The Labute approximate surface area is 136 Å². The SMILES string of the molecule is Cn1cc(-c2nc(C(=O)NCCNc3cnccn3)cs2)cn1. The number of hydrogen-bond donors (Lipinski definition) is 2. The molecule has 0 saturated carbocycles. The van der Waals surface area contributed by atoms with Crippen molar-refractivity contribution in [2.24, 2.45) is 7.05 Å². The van der Waals surface area contributed by atoms with Crippen molar-refractivity contribution in [1.82, 2.24) is 30.0 Å². The molecule has 0 fully saturated rings. The van der Waals surface area contributed by atoms with Gasteiger partial charge in [-0.1, -0.05) is 0 Å². The lowest BCUT2D eigenvalue weighted by Gasteiger charge is -2.05. The number of carbonyl (C=O) groups is 1. The molecule has 0 radical (unpaired) electrons. The zero-order valence-electron chi connectivity index (χ0n) is 12.4. The summed E-state index contributed by atoms with van der Waals surface area (Å²) in [6.07, 6.45) is 8.43. The molecule has 0 spiro atoms. The molecule has 3 aromatic heterocycles. The van der Waals surface area contributed by atoms with Crippen molar-refractivity contribution in [1.29, 1.82) is 0 Å². The van der Waals surface area contributed by atoms with E-state index in [0.717, 1.165) is 10.6 Å². The van der Waals surface area contributed by atoms with E-state index in [2.05, 4.69) is 30.7 Å². The van der Waals surface area contributed by atoms with Gasteiger partial charge in [0.2, 0.25) is 0 Å². The second-order valence-electron chi connectivity index (χ2n) is 4.71. The van der Waals surface area contributed by atoms with E-state index in [1.165, 1.54) is 11.3 Å². The highest BCUT2D eigenvalue weighted by Crippen LogP contribution is 2.22. The Bertz CT molecular complexity index is 783. The van der Waals surface area contributed by atoms with E-state index in [0.29, 0.717) is 24.6 Å². The summed E-state index contributed by atoms with van der Waals surface area (Å²) >= 11 is 1.42. The molecule has 1 amide bonds. The predicted octanol–water partition coefficient (Wildman–Crippen LogP) is 1.18.